The molecule has 4 nitrogen and oxygen atoms in total. The van der Waals surface area contributed by atoms with Crippen molar-refractivity contribution in [2.75, 3.05) is 44.2 Å². The third kappa shape index (κ3) is 6.37. The van der Waals surface area contributed by atoms with E-state index >= 15 is 0 Å². The van der Waals surface area contributed by atoms with Crippen molar-refractivity contribution in [1.82, 2.24) is 10.2 Å². The number of phenolic OH excluding ortho intramolecular Hbond substituents is 1. The average molecular weight is 390 g/mol. The van der Waals surface area contributed by atoms with Crippen molar-refractivity contribution in [2.24, 2.45) is 0 Å². The summed E-state index contributed by atoms with van der Waals surface area (Å²) in [5.74, 6) is 0.402. The third-order valence-electron chi connectivity index (χ3n) is 4.64. The minimum Gasteiger partial charge on any atom is -0.508 e. The normalized spacial score (nSPS) is 15.6. The Bertz CT molecular complexity index is 529. The fourth-order valence-corrected chi connectivity index (χ4v) is 3.36. The van der Waals surface area contributed by atoms with E-state index in [1.165, 1.54) is 0 Å². The number of halogens is 2. The summed E-state index contributed by atoms with van der Waals surface area (Å²) in [4.78, 5) is 4.71. The standard InChI is InChI=1S/C19H31N3O.2ClH/c1-5-21(6-2)16-7-8-17(19(23)14-16)18(13-15(3)4)22-11-9-20-10-12-22;;/h7-8,14,18,20,23H,3,5-6,9-13H2,1-2,4H3;2*1H/t18-;;/m0../s1. The molecule has 0 saturated carbocycles. The highest BCUT2D eigenvalue weighted by molar-refractivity contribution is 5.85. The largest absolute Gasteiger partial charge is 0.508 e. The zero-order chi connectivity index (χ0) is 16.8. The molecule has 2 rings (SSSR count). The summed E-state index contributed by atoms with van der Waals surface area (Å²) in [5.41, 5.74) is 3.26. The van der Waals surface area contributed by atoms with Gasteiger partial charge in [0.1, 0.15) is 5.75 Å². The molecule has 144 valence electrons. The van der Waals surface area contributed by atoms with E-state index in [1.54, 1.807) is 0 Å². The molecule has 1 heterocycles. The van der Waals surface area contributed by atoms with Crippen molar-refractivity contribution in [1.29, 1.82) is 0 Å². The fraction of sp³-hybridized carbons (Fsp3) is 0.579. The van der Waals surface area contributed by atoms with E-state index in [0.29, 0.717) is 5.75 Å². The first-order valence-electron chi connectivity index (χ1n) is 8.73. The molecule has 1 aromatic rings. The van der Waals surface area contributed by atoms with E-state index in [2.05, 4.69) is 54.6 Å². The van der Waals surface area contributed by atoms with Crippen molar-refractivity contribution >= 4 is 30.5 Å². The number of anilines is 1. The Morgan fingerprint density at radius 2 is 1.84 bits per heavy atom. The number of nitrogens with zero attached hydrogens (tertiary/aromatic N) is 2. The van der Waals surface area contributed by atoms with E-state index in [1.807, 2.05) is 6.07 Å². The molecule has 1 atom stereocenters. The van der Waals surface area contributed by atoms with Crippen LogP contribution in [0.1, 0.15) is 38.8 Å². The van der Waals surface area contributed by atoms with Crippen LogP contribution in [0, 0.1) is 0 Å². The number of phenols is 1. The predicted molar refractivity (Wildman–Crippen MR) is 113 cm³/mol. The van der Waals surface area contributed by atoms with Gasteiger partial charge in [0.15, 0.2) is 0 Å². The van der Waals surface area contributed by atoms with Crippen LogP contribution >= 0.6 is 24.8 Å². The lowest BCUT2D eigenvalue weighted by atomic mass is 9.96. The highest BCUT2D eigenvalue weighted by atomic mass is 35.5. The van der Waals surface area contributed by atoms with Gasteiger partial charge >= 0.3 is 0 Å². The Kier molecular flexibility index (Phi) is 11.2. The van der Waals surface area contributed by atoms with Gasteiger partial charge in [0.05, 0.1) is 0 Å². The molecule has 1 aromatic carbocycles. The maximum atomic E-state index is 10.6. The molecule has 0 aliphatic carbocycles. The highest BCUT2D eigenvalue weighted by Gasteiger charge is 2.24. The van der Waals surface area contributed by atoms with Gasteiger partial charge in [-0.25, -0.2) is 0 Å². The first-order chi connectivity index (χ1) is 11.1. The Morgan fingerprint density at radius 3 is 2.32 bits per heavy atom. The number of aromatic hydroxyl groups is 1. The average Bonchev–Trinajstić information content (AvgIpc) is 2.55. The van der Waals surface area contributed by atoms with E-state index in [4.69, 9.17) is 0 Å². The number of hydrogen-bond acceptors (Lipinski definition) is 4. The number of nitrogens with one attached hydrogen (secondary N) is 1. The first kappa shape index (κ1) is 24.1. The smallest absolute Gasteiger partial charge is 0.122 e. The van der Waals surface area contributed by atoms with Gasteiger partial charge in [-0.3, -0.25) is 4.90 Å². The lowest BCUT2D eigenvalue weighted by Crippen LogP contribution is -2.45. The number of piperazine rings is 1. The molecule has 0 amide bonds. The number of hydrogen-bond donors (Lipinski definition) is 2. The van der Waals surface area contributed by atoms with Gasteiger partial charge in [0, 0.05) is 62.6 Å². The molecule has 2 N–H and O–H groups in total. The molecule has 6 heteroatoms. The molecular formula is C19H33Cl2N3O. The van der Waals surface area contributed by atoms with Crippen molar-refractivity contribution < 1.29 is 5.11 Å². The summed E-state index contributed by atoms with van der Waals surface area (Å²) < 4.78 is 0. The van der Waals surface area contributed by atoms with E-state index < -0.39 is 0 Å². The van der Waals surface area contributed by atoms with Crippen molar-refractivity contribution in [2.45, 2.75) is 33.2 Å². The highest BCUT2D eigenvalue weighted by Crippen LogP contribution is 2.35. The van der Waals surface area contributed by atoms with E-state index in [-0.39, 0.29) is 30.9 Å². The van der Waals surface area contributed by atoms with Crippen molar-refractivity contribution in [3.63, 3.8) is 0 Å². The molecule has 1 aliphatic rings. The second-order valence-electron chi connectivity index (χ2n) is 6.38. The maximum Gasteiger partial charge on any atom is 0.122 e. The molecule has 0 radical (unpaired) electrons. The predicted octanol–water partition coefficient (Wildman–Crippen LogP) is 3.99. The van der Waals surface area contributed by atoms with Gasteiger partial charge in [-0.1, -0.05) is 11.6 Å². The first-order valence-corrected chi connectivity index (χ1v) is 8.73. The third-order valence-corrected chi connectivity index (χ3v) is 4.64. The van der Waals surface area contributed by atoms with Crippen LogP contribution in [0.3, 0.4) is 0 Å². The minimum atomic E-state index is 0. The van der Waals surface area contributed by atoms with Gasteiger partial charge in [-0.2, -0.15) is 0 Å². The second-order valence-corrected chi connectivity index (χ2v) is 6.38. The van der Waals surface area contributed by atoms with Crippen LogP contribution < -0.4 is 10.2 Å². The van der Waals surface area contributed by atoms with Crippen LogP contribution in [0.5, 0.6) is 5.75 Å². The summed E-state index contributed by atoms with van der Waals surface area (Å²) in [5, 5.41) is 14.0. The van der Waals surface area contributed by atoms with E-state index in [9.17, 15) is 5.11 Å². The van der Waals surface area contributed by atoms with Gasteiger partial charge in [0.25, 0.3) is 0 Å². The van der Waals surface area contributed by atoms with Crippen molar-refractivity contribution in [3.05, 3.63) is 35.9 Å². The van der Waals surface area contributed by atoms with Gasteiger partial charge in [-0.15, -0.1) is 31.4 Å². The Balaban J connectivity index is 0.00000288. The molecule has 1 aliphatic heterocycles. The molecule has 0 spiro atoms. The van der Waals surface area contributed by atoms with Gasteiger partial charge < -0.3 is 15.3 Å². The molecule has 0 unspecified atom stereocenters. The molecule has 1 saturated heterocycles. The molecule has 0 aromatic heterocycles. The fourth-order valence-electron chi connectivity index (χ4n) is 3.36. The number of benzene rings is 1. The minimum absolute atomic E-state index is 0. The maximum absolute atomic E-state index is 10.6. The summed E-state index contributed by atoms with van der Waals surface area (Å²) in [6.45, 7) is 16.3. The van der Waals surface area contributed by atoms with E-state index in [0.717, 1.165) is 62.5 Å². The van der Waals surface area contributed by atoms with Crippen LogP contribution in [-0.2, 0) is 0 Å². The van der Waals surface area contributed by atoms with Crippen molar-refractivity contribution in [3.8, 4) is 5.75 Å². The monoisotopic (exact) mass is 389 g/mol. The zero-order valence-corrected chi connectivity index (χ0v) is 17.3. The lowest BCUT2D eigenvalue weighted by molar-refractivity contribution is 0.170. The van der Waals surface area contributed by atoms with Crippen LogP contribution in [0.15, 0.2) is 30.4 Å². The zero-order valence-electron chi connectivity index (χ0n) is 15.6. The Labute approximate surface area is 165 Å². The summed E-state index contributed by atoms with van der Waals surface area (Å²) in [6.07, 6.45) is 0.887. The van der Waals surface area contributed by atoms with Crippen LogP contribution in [0.2, 0.25) is 0 Å². The summed E-state index contributed by atoms with van der Waals surface area (Å²) in [7, 11) is 0. The van der Waals surface area contributed by atoms with Crippen LogP contribution in [-0.4, -0.2) is 49.3 Å². The quantitative estimate of drug-likeness (QED) is 0.691. The topological polar surface area (TPSA) is 38.7 Å². The second kappa shape index (κ2) is 11.6. The molecular weight excluding hydrogens is 357 g/mol. The Morgan fingerprint density at radius 1 is 1.24 bits per heavy atom. The van der Waals surface area contributed by atoms with Gasteiger partial charge in [-0.05, 0) is 33.3 Å². The molecule has 25 heavy (non-hydrogen) atoms. The van der Waals surface area contributed by atoms with Crippen LogP contribution in [0.25, 0.3) is 0 Å². The summed E-state index contributed by atoms with van der Waals surface area (Å²) >= 11 is 0. The molecule has 1 fully saturated rings. The summed E-state index contributed by atoms with van der Waals surface area (Å²) in [6, 6.07) is 6.35. The van der Waals surface area contributed by atoms with Gasteiger partial charge in [0.2, 0.25) is 0 Å². The molecule has 0 bridgehead atoms. The number of rotatable bonds is 7. The van der Waals surface area contributed by atoms with Crippen LogP contribution in [0.4, 0.5) is 5.69 Å². The SMILES string of the molecule is C=C(C)C[C@@H](c1ccc(N(CC)CC)cc1O)N1CCNCC1.Cl.Cl. The lowest BCUT2D eigenvalue weighted by Gasteiger charge is -2.36. The Hall–Kier alpha value is -0.940.